The number of rotatable bonds is 6. The molecular weight excluding hydrogens is 370 g/mol. The normalized spacial score (nSPS) is 13.8. The first kappa shape index (κ1) is 16.8. The van der Waals surface area contributed by atoms with Crippen LogP contribution in [0.25, 0.3) is 0 Å². The van der Waals surface area contributed by atoms with Gasteiger partial charge in [-0.2, -0.15) is 0 Å². The molecule has 0 saturated carbocycles. The summed E-state index contributed by atoms with van der Waals surface area (Å²) < 4.78 is 12.1. The van der Waals surface area contributed by atoms with Gasteiger partial charge in [-0.15, -0.1) is 0 Å². The number of ether oxygens (including phenoxy) is 2. The van der Waals surface area contributed by atoms with E-state index in [0.717, 1.165) is 36.2 Å². The first-order chi connectivity index (χ1) is 11.7. The second-order valence-electron chi connectivity index (χ2n) is 5.65. The van der Waals surface area contributed by atoms with Crippen molar-refractivity contribution in [2.75, 3.05) is 26.3 Å². The van der Waals surface area contributed by atoms with Crippen LogP contribution in [0.15, 0.2) is 53.0 Å². The SMILES string of the molecule is O=C(c1ccc(OCCOc2ccccc2)c(Br)c1)N1CCCC1. The van der Waals surface area contributed by atoms with Gasteiger partial charge in [0.25, 0.3) is 5.91 Å². The third-order valence-corrected chi connectivity index (χ3v) is 4.54. The van der Waals surface area contributed by atoms with Crippen LogP contribution in [0.3, 0.4) is 0 Å². The van der Waals surface area contributed by atoms with E-state index >= 15 is 0 Å². The highest BCUT2D eigenvalue weighted by molar-refractivity contribution is 9.10. The second kappa shape index (κ2) is 8.20. The van der Waals surface area contributed by atoms with E-state index in [1.54, 1.807) is 0 Å². The molecule has 0 unspecified atom stereocenters. The molecular formula is C19H20BrNO3. The van der Waals surface area contributed by atoms with Gasteiger partial charge in [0.15, 0.2) is 0 Å². The van der Waals surface area contributed by atoms with Crippen LogP contribution in [-0.2, 0) is 0 Å². The molecule has 1 amide bonds. The molecule has 1 fully saturated rings. The third-order valence-electron chi connectivity index (χ3n) is 3.92. The Morgan fingerprint density at radius 1 is 1.00 bits per heavy atom. The van der Waals surface area contributed by atoms with Crippen molar-refractivity contribution < 1.29 is 14.3 Å². The number of hydrogen-bond acceptors (Lipinski definition) is 3. The van der Waals surface area contributed by atoms with Gasteiger partial charge in [-0.05, 0) is 59.1 Å². The Kier molecular flexibility index (Phi) is 5.75. The number of carbonyl (C=O) groups is 1. The molecule has 24 heavy (non-hydrogen) atoms. The quantitative estimate of drug-likeness (QED) is 0.696. The van der Waals surface area contributed by atoms with Gasteiger partial charge in [-0.3, -0.25) is 4.79 Å². The number of nitrogens with zero attached hydrogens (tertiary/aromatic N) is 1. The molecule has 5 heteroatoms. The Morgan fingerprint density at radius 3 is 2.42 bits per heavy atom. The van der Waals surface area contributed by atoms with E-state index in [-0.39, 0.29) is 5.91 Å². The number of hydrogen-bond donors (Lipinski definition) is 0. The van der Waals surface area contributed by atoms with Gasteiger partial charge in [0, 0.05) is 18.7 Å². The van der Waals surface area contributed by atoms with Crippen LogP contribution >= 0.6 is 15.9 Å². The lowest BCUT2D eigenvalue weighted by atomic mass is 10.2. The monoisotopic (exact) mass is 389 g/mol. The largest absolute Gasteiger partial charge is 0.490 e. The zero-order valence-corrected chi connectivity index (χ0v) is 15.0. The van der Waals surface area contributed by atoms with Crippen molar-refractivity contribution in [2.45, 2.75) is 12.8 Å². The molecule has 0 aliphatic carbocycles. The standard InChI is InChI=1S/C19H20BrNO3/c20-17-14-15(19(22)21-10-4-5-11-21)8-9-18(17)24-13-12-23-16-6-2-1-3-7-16/h1-3,6-9,14H,4-5,10-13H2. The number of para-hydroxylation sites is 1. The van der Waals surface area contributed by atoms with E-state index in [2.05, 4.69) is 15.9 Å². The van der Waals surface area contributed by atoms with Crippen LogP contribution in [0.4, 0.5) is 0 Å². The summed E-state index contributed by atoms with van der Waals surface area (Å²) in [6.07, 6.45) is 2.19. The molecule has 0 spiro atoms. The van der Waals surface area contributed by atoms with Crippen molar-refractivity contribution in [3.63, 3.8) is 0 Å². The Morgan fingerprint density at radius 2 is 1.71 bits per heavy atom. The van der Waals surface area contributed by atoms with Crippen LogP contribution in [0.5, 0.6) is 11.5 Å². The molecule has 126 valence electrons. The Hall–Kier alpha value is -2.01. The van der Waals surface area contributed by atoms with Gasteiger partial charge in [-0.25, -0.2) is 0 Å². The minimum atomic E-state index is 0.0900. The number of benzene rings is 2. The fourth-order valence-corrected chi connectivity index (χ4v) is 3.17. The molecule has 1 heterocycles. The van der Waals surface area contributed by atoms with E-state index < -0.39 is 0 Å². The van der Waals surface area contributed by atoms with Crippen LogP contribution in [0, 0.1) is 0 Å². The number of carbonyl (C=O) groups excluding carboxylic acids is 1. The predicted molar refractivity (Wildman–Crippen MR) is 96.7 cm³/mol. The molecule has 1 saturated heterocycles. The summed E-state index contributed by atoms with van der Waals surface area (Å²) in [7, 11) is 0. The zero-order chi connectivity index (χ0) is 16.8. The van der Waals surface area contributed by atoms with Gasteiger partial charge in [0.1, 0.15) is 24.7 Å². The van der Waals surface area contributed by atoms with Crippen molar-refractivity contribution in [3.05, 3.63) is 58.6 Å². The molecule has 2 aromatic carbocycles. The third kappa shape index (κ3) is 4.29. The van der Waals surface area contributed by atoms with Gasteiger partial charge in [0.05, 0.1) is 4.47 Å². The van der Waals surface area contributed by atoms with Crippen LogP contribution in [-0.4, -0.2) is 37.1 Å². The Bertz CT molecular complexity index is 684. The van der Waals surface area contributed by atoms with Gasteiger partial charge in [0.2, 0.25) is 0 Å². The smallest absolute Gasteiger partial charge is 0.253 e. The average Bonchev–Trinajstić information content (AvgIpc) is 3.14. The molecule has 1 aliphatic rings. The summed E-state index contributed by atoms with van der Waals surface area (Å²) >= 11 is 3.48. The summed E-state index contributed by atoms with van der Waals surface area (Å²) in [6, 6.07) is 15.1. The summed E-state index contributed by atoms with van der Waals surface area (Å²) in [4.78, 5) is 14.3. The summed E-state index contributed by atoms with van der Waals surface area (Å²) in [6.45, 7) is 2.61. The van der Waals surface area contributed by atoms with Gasteiger partial charge >= 0.3 is 0 Å². The molecule has 4 nitrogen and oxygen atoms in total. The fourth-order valence-electron chi connectivity index (χ4n) is 2.68. The summed E-state index contributed by atoms with van der Waals surface area (Å²) in [5.41, 5.74) is 0.691. The van der Waals surface area contributed by atoms with Crippen LogP contribution in [0.1, 0.15) is 23.2 Å². The Labute approximate surface area is 150 Å². The molecule has 3 rings (SSSR count). The lowest BCUT2D eigenvalue weighted by Crippen LogP contribution is -2.27. The highest BCUT2D eigenvalue weighted by Crippen LogP contribution is 2.27. The molecule has 0 bridgehead atoms. The first-order valence-electron chi connectivity index (χ1n) is 8.13. The zero-order valence-electron chi connectivity index (χ0n) is 13.4. The molecule has 1 aliphatic heterocycles. The lowest BCUT2D eigenvalue weighted by molar-refractivity contribution is 0.0792. The van der Waals surface area contributed by atoms with E-state index in [1.807, 2.05) is 53.4 Å². The number of halogens is 1. The van der Waals surface area contributed by atoms with Crippen molar-refractivity contribution in [2.24, 2.45) is 0 Å². The lowest BCUT2D eigenvalue weighted by Gasteiger charge is -2.16. The van der Waals surface area contributed by atoms with Gasteiger partial charge < -0.3 is 14.4 Å². The molecule has 0 atom stereocenters. The van der Waals surface area contributed by atoms with Crippen molar-refractivity contribution in [1.82, 2.24) is 4.90 Å². The topological polar surface area (TPSA) is 38.8 Å². The van der Waals surface area contributed by atoms with E-state index in [9.17, 15) is 4.79 Å². The van der Waals surface area contributed by atoms with Gasteiger partial charge in [-0.1, -0.05) is 18.2 Å². The molecule has 0 N–H and O–H groups in total. The molecule has 0 radical (unpaired) electrons. The first-order valence-corrected chi connectivity index (χ1v) is 8.93. The average molecular weight is 390 g/mol. The fraction of sp³-hybridized carbons (Fsp3) is 0.316. The number of amides is 1. The Balaban J connectivity index is 1.52. The van der Waals surface area contributed by atoms with Crippen molar-refractivity contribution >= 4 is 21.8 Å². The second-order valence-corrected chi connectivity index (χ2v) is 6.51. The number of likely N-dealkylation sites (tertiary alicyclic amines) is 1. The maximum Gasteiger partial charge on any atom is 0.253 e. The molecule has 2 aromatic rings. The maximum atomic E-state index is 12.4. The minimum Gasteiger partial charge on any atom is -0.490 e. The highest BCUT2D eigenvalue weighted by Gasteiger charge is 2.20. The van der Waals surface area contributed by atoms with E-state index in [1.165, 1.54) is 0 Å². The molecule has 0 aromatic heterocycles. The minimum absolute atomic E-state index is 0.0900. The summed E-state index contributed by atoms with van der Waals surface area (Å²) in [5.74, 6) is 1.63. The van der Waals surface area contributed by atoms with Crippen LogP contribution < -0.4 is 9.47 Å². The van der Waals surface area contributed by atoms with Crippen molar-refractivity contribution in [3.8, 4) is 11.5 Å². The van der Waals surface area contributed by atoms with E-state index in [4.69, 9.17) is 9.47 Å². The van der Waals surface area contributed by atoms with Crippen molar-refractivity contribution in [1.29, 1.82) is 0 Å². The highest BCUT2D eigenvalue weighted by atomic mass is 79.9. The van der Waals surface area contributed by atoms with Crippen LogP contribution in [0.2, 0.25) is 0 Å². The predicted octanol–water partition coefficient (Wildman–Crippen LogP) is 4.14. The maximum absolute atomic E-state index is 12.4. The summed E-state index contributed by atoms with van der Waals surface area (Å²) in [5, 5.41) is 0. The van der Waals surface area contributed by atoms with E-state index in [0.29, 0.717) is 24.5 Å².